The van der Waals surface area contributed by atoms with Crippen molar-refractivity contribution in [1.29, 1.82) is 0 Å². The van der Waals surface area contributed by atoms with Crippen LogP contribution in [0.2, 0.25) is 0 Å². The molecule has 2 N–H and O–H groups in total. The van der Waals surface area contributed by atoms with Crippen LogP contribution in [0.15, 0.2) is 24.3 Å². The predicted molar refractivity (Wildman–Crippen MR) is 69.0 cm³/mol. The van der Waals surface area contributed by atoms with E-state index >= 15 is 0 Å². The topological polar surface area (TPSA) is 69.2 Å². The molecule has 4 unspecified atom stereocenters. The highest BCUT2D eigenvalue weighted by Gasteiger charge is 2.42. The van der Waals surface area contributed by atoms with Crippen molar-refractivity contribution < 1.29 is 4.92 Å². The zero-order valence-electron chi connectivity index (χ0n) is 10.3. The van der Waals surface area contributed by atoms with Crippen molar-refractivity contribution in [2.24, 2.45) is 23.5 Å². The number of nitro benzene ring substituents is 1. The number of hydrogen-bond acceptors (Lipinski definition) is 3. The van der Waals surface area contributed by atoms with Crippen molar-refractivity contribution in [3.8, 4) is 0 Å². The SMILES string of the molecule is NC(c1cccc([N+](=O)[O-])c1)C1CC2CCC1C2. The Balaban J connectivity index is 1.82. The Morgan fingerprint density at radius 3 is 2.78 bits per heavy atom. The maximum Gasteiger partial charge on any atom is 0.269 e. The van der Waals surface area contributed by atoms with Gasteiger partial charge in [0.05, 0.1) is 4.92 Å². The summed E-state index contributed by atoms with van der Waals surface area (Å²) in [6.45, 7) is 0. The van der Waals surface area contributed by atoms with E-state index in [9.17, 15) is 10.1 Å². The summed E-state index contributed by atoms with van der Waals surface area (Å²) in [6, 6.07) is 6.78. The molecule has 0 radical (unpaired) electrons. The Bertz CT molecular complexity index is 475. The third-order valence-electron chi connectivity index (χ3n) is 4.72. The third kappa shape index (κ3) is 1.90. The van der Waals surface area contributed by atoms with Crippen molar-refractivity contribution in [3.05, 3.63) is 39.9 Å². The number of benzene rings is 1. The van der Waals surface area contributed by atoms with Gasteiger partial charge in [-0.15, -0.1) is 0 Å². The lowest BCUT2D eigenvalue weighted by Crippen LogP contribution is -2.25. The van der Waals surface area contributed by atoms with E-state index in [1.54, 1.807) is 12.1 Å². The van der Waals surface area contributed by atoms with Gasteiger partial charge in [0, 0.05) is 18.2 Å². The first-order valence-electron chi connectivity index (χ1n) is 6.65. The molecule has 18 heavy (non-hydrogen) atoms. The number of hydrogen-bond donors (Lipinski definition) is 1. The minimum absolute atomic E-state index is 0.0415. The van der Waals surface area contributed by atoms with Crippen LogP contribution in [-0.2, 0) is 0 Å². The highest BCUT2D eigenvalue weighted by atomic mass is 16.6. The number of non-ortho nitro benzene ring substituents is 1. The van der Waals surface area contributed by atoms with Crippen molar-refractivity contribution in [3.63, 3.8) is 0 Å². The van der Waals surface area contributed by atoms with Crippen molar-refractivity contribution in [1.82, 2.24) is 0 Å². The fraction of sp³-hybridized carbons (Fsp3) is 0.571. The summed E-state index contributed by atoms with van der Waals surface area (Å²) in [7, 11) is 0. The van der Waals surface area contributed by atoms with Crippen molar-refractivity contribution >= 4 is 5.69 Å². The molecule has 0 aliphatic heterocycles. The van der Waals surface area contributed by atoms with Crippen LogP contribution in [0.3, 0.4) is 0 Å². The predicted octanol–water partition coefficient (Wildman–Crippen LogP) is 3.03. The quantitative estimate of drug-likeness (QED) is 0.658. The molecule has 0 spiro atoms. The summed E-state index contributed by atoms with van der Waals surface area (Å²) in [4.78, 5) is 10.4. The zero-order valence-corrected chi connectivity index (χ0v) is 10.3. The van der Waals surface area contributed by atoms with Crippen molar-refractivity contribution in [2.75, 3.05) is 0 Å². The van der Waals surface area contributed by atoms with Crippen LogP contribution in [-0.4, -0.2) is 4.92 Å². The molecule has 96 valence electrons. The first-order valence-corrected chi connectivity index (χ1v) is 6.65. The Morgan fingerprint density at radius 1 is 1.33 bits per heavy atom. The molecule has 2 aliphatic rings. The Hall–Kier alpha value is -1.42. The van der Waals surface area contributed by atoms with Gasteiger partial charge in [-0.3, -0.25) is 10.1 Å². The lowest BCUT2D eigenvalue weighted by Gasteiger charge is -2.27. The van der Waals surface area contributed by atoms with Crippen LogP contribution in [0.25, 0.3) is 0 Å². The second-order valence-corrected chi connectivity index (χ2v) is 5.72. The van der Waals surface area contributed by atoms with Gasteiger partial charge in [0.2, 0.25) is 0 Å². The molecule has 4 atom stereocenters. The van der Waals surface area contributed by atoms with Gasteiger partial charge >= 0.3 is 0 Å². The van der Waals surface area contributed by atoms with E-state index in [0.717, 1.165) is 17.4 Å². The summed E-state index contributed by atoms with van der Waals surface area (Å²) in [6.07, 6.45) is 5.16. The highest BCUT2D eigenvalue weighted by molar-refractivity contribution is 5.36. The monoisotopic (exact) mass is 246 g/mol. The molecule has 1 aromatic rings. The van der Waals surface area contributed by atoms with Crippen LogP contribution in [0.5, 0.6) is 0 Å². The van der Waals surface area contributed by atoms with Gasteiger partial charge in [-0.25, -0.2) is 0 Å². The lowest BCUT2D eigenvalue weighted by atomic mass is 9.81. The fourth-order valence-corrected chi connectivity index (χ4v) is 3.83. The first-order chi connectivity index (χ1) is 8.65. The van der Waals surface area contributed by atoms with E-state index in [-0.39, 0.29) is 16.7 Å². The molecule has 2 aliphatic carbocycles. The molecule has 2 saturated carbocycles. The maximum atomic E-state index is 10.8. The average molecular weight is 246 g/mol. The molecule has 0 amide bonds. The van der Waals surface area contributed by atoms with Gasteiger partial charge in [0.15, 0.2) is 0 Å². The smallest absolute Gasteiger partial charge is 0.269 e. The van der Waals surface area contributed by atoms with Crippen LogP contribution in [0.1, 0.15) is 37.3 Å². The number of nitrogens with two attached hydrogens (primary N) is 1. The fourth-order valence-electron chi connectivity index (χ4n) is 3.83. The lowest BCUT2D eigenvalue weighted by molar-refractivity contribution is -0.384. The largest absolute Gasteiger partial charge is 0.324 e. The van der Waals surface area contributed by atoms with E-state index in [4.69, 9.17) is 5.73 Å². The second kappa shape index (κ2) is 4.35. The van der Waals surface area contributed by atoms with E-state index in [1.165, 1.54) is 31.7 Å². The number of nitrogens with zero attached hydrogens (tertiary/aromatic N) is 1. The van der Waals surface area contributed by atoms with Crippen LogP contribution < -0.4 is 5.73 Å². The van der Waals surface area contributed by atoms with Gasteiger partial charge < -0.3 is 5.73 Å². The van der Waals surface area contributed by atoms with Crippen LogP contribution in [0, 0.1) is 27.9 Å². The summed E-state index contributed by atoms with van der Waals surface area (Å²) < 4.78 is 0. The normalized spacial score (nSPS) is 31.5. The van der Waals surface area contributed by atoms with E-state index in [2.05, 4.69) is 0 Å². The van der Waals surface area contributed by atoms with E-state index in [1.807, 2.05) is 6.07 Å². The summed E-state index contributed by atoms with van der Waals surface area (Å²) >= 11 is 0. The Labute approximate surface area is 106 Å². The van der Waals surface area contributed by atoms with E-state index < -0.39 is 0 Å². The average Bonchev–Trinajstić information content (AvgIpc) is 3.00. The van der Waals surface area contributed by atoms with Gasteiger partial charge in [0.25, 0.3) is 5.69 Å². The minimum Gasteiger partial charge on any atom is -0.324 e. The standard InChI is InChI=1S/C14H18N2O2/c15-14(13-7-9-4-5-10(13)6-9)11-2-1-3-12(8-11)16(17)18/h1-3,8-10,13-14H,4-7,15H2. The Kier molecular flexibility index (Phi) is 2.82. The molecule has 2 bridgehead atoms. The third-order valence-corrected chi connectivity index (χ3v) is 4.72. The molecule has 4 heteroatoms. The van der Waals surface area contributed by atoms with Gasteiger partial charge in [-0.05, 0) is 42.6 Å². The summed E-state index contributed by atoms with van der Waals surface area (Å²) in [5.41, 5.74) is 7.40. The molecule has 0 saturated heterocycles. The molecule has 2 fully saturated rings. The molecular formula is C14H18N2O2. The number of fused-ring (bicyclic) bond motifs is 2. The zero-order chi connectivity index (χ0) is 12.7. The molecule has 4 nitrogen and oxygen atoms in total. The first kappa shape index (κ1) is 11.7. The van der Waals surface area contributed by atoms with Crippen LogP contribution >= 0.6 is 0 Å². The maximum absolute atomic E-state index is 10.8. The second-order valence-electron chi connectivity index (χ2n) is 5.72. The van der Waals surface area contributed by atoms with Gasteiger partial charge in [0.1, 0.15) is 0 Å². The summed E-state index contributed by atoms with van der Waals surface area (Å²) in [5, 5.41) is 10.8. The van der Waals surface area contributed by atoms with Crippen molar-refractivity contribution in [2.45, 2.75) is 31.7 Å². The number of rotatable bonds is 3. The number of nitro groups is 1. The molecule has 0 heterocycles. The van der Waals surface area contributed by atoms with Gasteiger partial charge in [-0.2, -0.15) is 0 Å². The molecule has 0 aromatic heterocycles. The van der Waals surface area contributed by atoms with Gasteiger partial charge in [-0.1, -0.05) is 18.6 Å². The Morgan fingerprint density at radius 2 is 2.17 bits per heavy atom. The molecule has 3 rings (SSSR count). The summed E-state index contributed by atoms with van der Waals surface area (Å²) in [5.74, 6) is 2.11. The highest BCUT2D eigenvalue weighted by Crippen LogP contribution is 2.52. The minimum atomic E-state index is -0.350. The molecular weight excluding hydrogens is 228 g/mol. The molecule has 1 aromatic carbocycles. The van der Waals surface area contributed by atoms with Crippen LogP contribution in [0.4, 0.5) is 5.69 Å². The van der Waals surface area contributed by atoms with E-state index in [0.29, 0.717) is 5.92 Å².